The Labute approximate surface area is 206 Å². The summed E-state index contributed by atoms with van der Waals surface area (Å²) >= 11 is 0. The van der Waals surface area contributed by atoms with Crippen LogP contribution >= 0.6 is 0 Å². The topological polar surface area (TPSA) is 61.3 Å². The monoisotopic (exact) mass is 466 g/mol. The molecule has 34 heavy (non-hydrogen) atoms. The van der Waals surface area contributed by atoms with Crippen LogP contribution < -0.4 is 4.74 Å². The molecule has 2 rings (SSSR count). The van der Waals surface area contributed by atoms with Crippen molar-refractivity contribution in [1.29, 1.82) is 0 Å². The van der Waals surface area contributed by atoms with Gasteiger partial charge in [0.25, 0.3) is 0 Å². The van der Waals surface area contributed by atoms with Gasteiger partial charge < -0.3 is 9.47 Å². The first-order valence-electron chi connectivity index (χ1n) is 13.0. The van der Waals surface area contributed by atoms with Gasteiger partial charge in [-0.1, -0.05) is 88.3 Å². The molecule has 0 aliphatic carbocycles. The van der Waals surface area contributed by atoms with Crippen molar-refractivity contribution in [2.24, 2.45) is 0 Å². The lowest BCUT2D eigenvalue weighted by molar-refractivity contribution is -0.145. The average molecular weight is 467 g/mol. The van der Waals surface area contributed by atoms with Crippen molar-refractivity contribution in [3.63, 3.8) is 0 Å². The SMILES string of the molecule is CCCCCCCCCCOc1cnc(-c2ccc(C=CCCCC(C)OC(C)=O)cc2)nc1. The van der Waals surface area contributed by atoms with Crippen LogP contribution in [0.4, 0.5) is 0 Å². The molecule has 1 aromatic heterocycles. The molecule has 0 fully saturated rings. The third-order valence-electron chi connectivity index (χ3n) is 5.72. The van der Waals surface area contributed by atoms with E-state index in [1.165, 1.54) is 51.9 Å². The molecule has 0 aliphatic heterocycles. The highest BCUT2D eigenvalue weighted by Crippen LogP contribution is 2.18. The molecule has 5 nitrogen and oxygen atoms in total. The molecule has 0 aliphatic rings. The molecule has 1 atom stereocenters. The molecule has 0 amide bonds. The second kappa shape index (κ2) is 16.9. The van der Waals surface area contributed by atoms with E-state index in [-0.39, 0.29) is 12.1 Å². The predicted molar refractivity (Wildman–Crippen MR) is 140 cm³/mol. The first-order chi connectivity index (χ1) is 16.6. The van der Waals surface area contributed by atoms with E-state index in [4.69, 9.17) is 9.47 Å². The molecule has 1 heterocycles. The van der Waals surface area contributed by atoms with Crippen molar-refractivity contribution in [3.8, 4) is 17.1 Å². The minimum absolute atomic E-state index is 0.0212. The van der Waals surface area contributed by atoms with Crippen LogP contribution in [0.25, 0.3) is 17.5 Å². The Kier molecular flexibility index (Phi) is 13.7. The summed E-state index contributed by atoms with van der Waals surface area (Å²) < 4.78 is 10.9. The van der Waals surface area contributed by atoms with E-state index in [0.717, 1.165) is 49.2 Å². The van der Waals surface area contributed by atoms with Crippen LogP contribution in [0.5, 0.6) is 5.75 Å². The molecule has 0 bridgehead atoms. The lowest BCUT2D eigenvalue weighted by Gasteiger charge is -2.10. The van der Waals surface area contributed by atoms with Crippen LogP contribution in [0, 0.1) is 0 Å². The highest BCUT2D eigenvalue weighted by atomic mass is 16.5. The summed E-state index contributed by atoms with van der Waals surface area (Å²) in [7, 11) is 0. The van der Waals surface area contributed by atoms with Crippen molar-refractivity contribution < 1.29 is 14.3 Å². The fraction of sp³-hybridized carbons (Fsp3) is 0.552. The zero-order chi connectivity index (χ0) is 24.4. The molecule has 5 heteroatoms. The highest BCUT2D eigenvalue weighted by Gasteiger charge is 2.04. The smallest absolute Gasteiger partial charge is 0.302 e. The van der Waals surface area contributed by atoms with E-state index >= 15 is 0 Å². The third-order valence-corrected chi connectivity index (χ3v) is 5.72. The number of carbonyl (C=O) groups is 1. The summed E-state index contributed by atoms with van der Waals surface area (Å²) in [4.78, 5) is 19.9. The van der Waals surface area contributed by atoms with Gasteiger partial charge in [-0.3, -0.25) is 4.79 Å². The van der Waals surface area contributed by atoms with E-state index in [1.54, 1.807) is 12.4 Å². The number of nitrogens with zero attached hydrogens (tertiary/aromatic N) is 2. The lowest BCUT2D eigenvalue weighted by atomic mass is 10.1. The summed E-state index contributed by atoms with van der Waals surface area (Å²) in [5, 5.41) is 0. The molecule has 0 N–H and O–H groups in total. The van der Waals surface area contributed by atoms with E-state index in [1.807, 2.05) is 19.1 Å². The van der Waals surface area contributed by atoms with Crippen LogP contribution in [0.2, 0.25) is 0 Å². The van der Waals surface area contributed by atoms with Gasteiger partial charge in [0, 0.05) is 12.5 Å². The minimum atomic E-state index is -0.215. The molecule has 0 saturated carbocycles. The predicted octanol–water partition coefficient (Wildman–Crippen LogP) is 7.80. The number of hydrogen-bond donors (Lipinski definition) is 0. The van der Waals surface area contributed by atoms with Gasteiger partial charge in [-0.2, -0.15) is 0 Å². The van der Waals surface area contributed by atoms with E-state index in [9.17, 15) is 4.79 Å². The van der Waals surface area contributed by atoms with Crippen LogP contribution in [-0.2, 0) is 9.53 Å². The Hall–Kier alpha value is -2.69. The number of ether oxygens (including phenoxy) is 2. The number of esters is 1. The third kappa shape index (κ3) is 12.0. The van der Waals surface area contributed by atoms with Crippen molar-refractivity contribution in [3.05, 3.63) is 48.3 Å². The number of allylic oxidation sites excluding steroid dienone is 1. The number of hydrogen-bond acceptors (Lipinski definition) is 5. The summed E-state index contributed by atoms with van der Waals surface area (Å²) in [5.74, 6) is 1.22. The van der Waals surface area contributed by atoms with Gasteiger partial charge in [-0.25, -0.2) is 9.97 Å². The number of unbranched alkanes of at least 4 members (excludes halogenated alkanes) is 8. The fourth-order valence-electron chi connectivity index (χ4n) is 3.79. The summed E-state index contributed by atoms with van der Waals surface area (Å²) in [5.41, 5.74) is 2.13. The summed E-state index contributed by atoms with van der Waals surface area (Å²) in [6.45, 7) is 6.36. The quantitative estimate of drug-likeness (QED) is 0.176. The first kappa shape index (κ1) is 27.6. The van der Waals surface area contributed by atoms with Gasteiger partial charge in [0.05, 0.1) is 25.1 Å². The van der Waals surface area contributed by atoms with Gasteiger partial charge in [0.1, 0.15) is 0 Å². The van der Waals surface area contributed by atoms with Crippen LogP contribution in [-0.4, -0.2) is 28.6 Å². The van der Waals surface area contributed by atoms with Crippen LogP contribution in [0.1, 0.15) is 97.0 Å². The van der Waals surface area contributed by atoms with Crippen molar-refractivity contribution in [2.45, 2.75) is 97.5 Å². The number of carbonyl (C=O) groups excluding carboxylic acids is 1. The highest BCUT2D eigenvalue weighted by molar-refractivity contribution is 5.66. The van der Waals surface area contributed by atoms with E-state index in [0.29, 0.717) is 5.82 Å². The number of benzene rings is 1. The zero-order valence-electron chi connectivity index (χ0n) is 21.3. The van der Waals surface area contributed by atoms with Crippen molar-refractivity contribution >= 4 is 12.0 Å². The van der Waals surface area contributed by atoms with Crippen LogP contribution in [0.3, 0.4) is 0 Å². The summed E-state index contributed by atoms with van der Waals surface area (Å²) in [6, 6.07) is 8.23. The Bertz CT molecular complexity index is 831. The maximum Gasteiger partial charge on any atom is 0.302 e. The Morgan fingerprint density at radius 3 is 2.24 bits per heavy atom. The second-order valence-corrected chi connectivity index (χ2v) is 8.94. The van der Waals surface area contributed by atoms with E-state index < -0.39 is 0 Å². The molecule has 186 valence electrons. The second-order valence-electron chi connectivity index (χ2n) is 8.94. The summed E-state index contributed by atoms with van der Waals surface area (Å²) in [6.07, 6.45) is 20.9. The molecular weight excluding hydrogens is 424 g/mol. The van der Waals surface area contributed by atoms with Gasteiger partial charge in [0.15, 0.2) is 11.6 Å². The number of aromatic nitrogens is 2. The van der Waals surface area contributed by atoms with Gasteiger partial charge in [-0.15, -0.1) is 0 Å². The maximum absolute atomic E-state index is 10.9. The fourth-order valence-corrected chi connectivity index (χ4v) is 3.79. The van der Waals surface area contributed by atoms with Crippen molar-refractivity contribution in [2.75, 3.05) is 6.61 Å². The molecule has 0 radical (unpaired) electrons. The molecule has 0 spiro atoms. The molecule has 1 unspecified atom stereocenters. The Morgan fingerprint density at radius 2 is 1.59 bits per heavy atom. The average Bonchev–Trinajstić information content (AvgIpc) is 2.83. The van der Waals surface area contributed by atoms with Gasteiger partial charge >= 0.3 is 5.97 Å². The Morgan fingerprint density at radius 1 is 0.941 bits per heavy atom. The molecule has 1 aromatic carbocycles. The van der Waals surface area contributed by atoms with Gasteiger partial charge in [-0.05, 0) is 38.2 Å². The number of rotatable bonds is 17. The minimum Gasteiger partial charge on any atom is -0.490 e. The maximum atomic E-state index is 10.9. The molecule has 0 saturated heterocycles. The normalized spacial score (nSPS) is 12.1. The van der Waals surface area contributed by atoms with Crippen molar-refractivity contribution in [1.82, 2.24) is 9.97 Å². The van der Waals surface area contributed by atoms with Gasteiger partial charge in [0.2, 0.25) is 0 Å². The largest absolute Gasteiger partial charge is 0.490 e. The molecular formula is C29H42N2O3. The zero-order valence-corrected chi connectivity index (χ0v) is 21.3. The first-order valence-corrected chi connectivity index (χ1v) is 13.0. The van der Waals surface area contributed by atoms with Crippen LogP contribution in [0.15, 0.2) is 42.7 Å². The standard InChI is InChI=1S/C29H42N2O3/c1-4-5-6-7-8-9-10-14-21-33-28-22-30-29(31-23-28)27-19-17-26(18-20-27)16-13-11-12-15-24(2)34-25(3)32/h13,16-20,22-24H,4-12,14-15,21H2,1-3H3. The lowest BCUT2D eigenvalue weighted by Crippen LogP contribution is -2.11. The Balaban J connectivity index is 1.66. The van der Waals surface area contributed by atoms with E-state index in [2.05, 4.69) is 41.2 Å². The molecule has 2 aromatic rings.